The number of amides is 1. The lowest BCUT2D eigenvalue weighted by Gasteiger charge is -2.28. The molecule has 1 aliphatic heterocycles. The molecule has 0 saturated carbocycles. The summed E-state index contributed by atoms with van der Waals surface area (Å²) in [6.45, 7) is 2.68. The second-order valence-electron chi connectivity index (χ2n) is 5.72. The molecule has 2 aromatic rings. The first-order chi connectivity index (χ1) is 11.1. The molecule has 23 heavy (non-hydrogen) atoms. The summed E-state index contributed by atoms with van der Waals surface area (Å²) in [5.74, 6) is -0.195. The molecule has 0 bridgehead atoms. The van der Waals surface area contributed by atoms with Gasteiger partial charge < -0.3 is 10.3 Å². The number of halogens is 2. The zero-order valence-electron chi connectivity index (χ0n) is 12.7. The molecule has 1 aliphatic rings. The summed E-state index contributed by atoms with van der Waals surface area (Å²) in [6.07, 6.45) is 2.41. The highest BCUT2D eigenvalue weighted by atomic mass is 35.5. The van der Waals surface area contributed by atoms with Gasteiger partial charge in [0.05, 0.1) is 11.1 Å². The highest BCUT2D eigenvalue weighted by Gasteiger charge is 2.24. The van der Waals surface area contributed by atoms with E-state index < -0.39 is 0 Å². The molecule has 1 aromatic heterocycles. The molecule has 2 N–H and O–H groups in total. The summed E-state index contributed by atoms with van der Waals surface area (Å²) in [6, 6.07) is 12.0. The summed E-state index contributed by atoms with van der Waals surface area (Å²) < 4.78 is 0. The first-order valence-corrected chi connectivity index (χ1v) is 8.52. The quantitative estimate of drug-likeness (QED) is 0.858. The number of aromatic nitrogens is 1. The van der Waals surface area contributed by atoms with Crippen LogP contribution in [-0.2, 0) is 0 Å². The molecule has 3 rings (SSSR count). The molecule has 1 fully saturated rings. The second kappa shape index (κ2) is 7.39. The van der Waals surface area contributed by atoms with E-state index >= 15 is 0 Å². The molecular formula is C17H19Cl2N3O. The number of benzene rings is 1. The van der Waals surface area contributed by atoms with Crippen LogP contribution in [0.5, 0.6) is 0 Å². The van der Waals surface area contributed by atoms with E-state index in [0.29, 0.717) is 17.3 Å². The van der Waals surface area contributed by atoms with E-state index in [1.54, 1.807) is 6.07 Å². The van der Waals surface area contributed by atoms with Gasteiger partial charge in [-0.05, 0) is 37.6 Å². The predicted molar refractivity (Wildman–Crippen MR) is 93.1 cm³/mol. The van der Waals surface area contributed by atoms with Crippen LogP contribution in [0.3, 0.4) is 0 Å². The van der Waals surface area contributed by atoms with Crippen LogP contribution in [0.15, 0.2) is 36.4 Å². The van der Waals surface area contributed by atoms with Crippen molar-refractivity contribution in [3.8, 4) is 0 Å². The van der Waals surface area contributed by atoms with Gasteiger partial charge in [0.1, 0.15) is 10.8 Å². The van der Waals surface area contributed by atoms with Crippen molar-refractivity contribution >= 4 is 29.1 Å². The molecule has 2 heterocycles. The largest absolute Gasteiger partial charge is 0.349 e. The van der Waals surface area contributed by atoms with Crippen molar-refractivity contribution in [3.63, 3.8) is 0 Å². The average molecular weight is 352 g/mol. The van der Waals surface area contributed by atoms with Gasteiger partial charge in [-0.2, -0.15) is 0 Å². The van der Waals surface area contributed by atoms with E-state index in [-0.39, 0.29) is 17.1 Å². The van der Waals surface area contributed by atoms with Crippen molar-refractivity contribution in [2.24, 2.45) is 0 Å². The van der Waals surface area contributed by atoms with Gasteiger partial charge in [0.2, 0.25) is 0 Å². The minimum absolute atomic E-state index is 0.184. The van der Waals surface area contributed by atoms with E-state index in [1.165, 1.54) is 18.4 Å². The third kappa shape index (κ3) is 3.89. The number of nitrogens with zero attached hydrogens (tertiary/aromatic N) is 1. The fraction of sp³-hybridized carbons (Fsp3) is 0.353. The zero-order valence-corrected chi connectivity index (χ0v) is 14.2. The van der Waals surface area contributed by atoms with Crippen molar-refractivity contribution < 1.29 is 4.79 Å². The highest BCUT2D eigenvalue weighted by molar-refractivity contribution is 6.41. The fourth-order valence-electron chi connectivity index (χ4n) is 3.00. The third-order valence-electron chi connectivity index (χ3n) is 4.19. The second-order valence-corrected chi connectivity index (χ2v) is 6.51. The van der Waals surface area contributed by atoms with Crippen molar-refractivity contribution in [1.82, 2.24) is 15.2 Å². The SMILES string of the molecule is O=C(NC[C@@H](c1ccccc1)N1CCCC1)c1cc(Cl)c(Cl)[nH]1. The topological polar surface area (TPSA) is 48.1 Å². The van der Waals surface area contributed by atoms with Crippen molar-refractivity contribution in [1.29, 1.82) is 0 Å². The van der Waals surface area contributed by atoms with E-state index in [9.17, 15) is 4.79 Å². The molecule has 1 atom stereocenters. The normalized spacial score (nSPS) is 16.4. The number of rotatable bonds is 5. The maximum absolute atomic E-state index is 12.3. The molecule has 0 unspecified atom stereocenters. The number of likely N-dealkylation sites (tertiary alicyclic amines) is 1. The van der Waals surface area contributed by atoms with Crippen molar-refractivity contribution in [3.05, 3.63) is 57.8 Å². The monoisotopic (exact) mass is 351 g/mol. The van der Waals surface area contributed by atoms with Crippen molar-refractivity contribution in [2.75, 3.05) is 19.6 Å². The van der Waals surface area contributed by atoms with E-state index in [1.807, 2.05) is 18.2 Å². The van der Waals surface area contributed by atoms with Gasteiger partial charge >= 0.3 is 0 Å². The molecule has 6 heteroatoms. The lowest BCUT2D eigenvalue weighted by molar-refractivity contribution is 0.0933. The smallest absolute Gasteiger partial charge is 0.267 e. The number of carbonyl (C=O) groups excluding carboxylic acids is 1. The maximum Gasteiger partial charge on any atom is 0.267 e. The molecule has 0 aliphatic carbocycles. The average Bonchev–Trinajstić information content (AvgIpc) is 3.19. The molecular weight excluding hydrogens is 333 g/mol. The highest BCUT2D eigenvalue weighted by Crippen LogP contribution is 2.25. The Labute approximate surface area is 145 Å². The Kier molecular flexibility index (Phi) is 5.26. The Morgan fingerprint density at radius 3 is 2.52 bits per heavy atom. The third-order valence-corrected chi connectivity index (χ3v) is 4.88. The van der Waals surface area contributed by atoms with Gasteiger partial charge in [0.15, 0.2) is 0 Å². The lowest BCUT2D eigenvalue weighted by atomic mass is 10.1. The van der Waals surface area contributed by atoms with Gasteiger partial charge in [0.25, 0.3) is 5.91 Å². The van der Waals surface area contributed by atoms with E-state index in [2.05, 4.69) is 27.3 Å². The first kappa shape index (κ1) is 16.4. The summed E-state index contributed by atoms with van der Waals surface area (Å²) in [5.41, 5.74) is 1.60. The number of nitrogens with one attached hydrogen (secondary N) is 2. The van der Waals surface area contributed by atoms with Crippen LogP contribution in [0.2, 0.25) is 10.2 Å². The molecule has 1 saturated heterocycles. The van der Waals surface area contributed by atoms with Crippen LogP contribution in [0.1, 0.15) is 34.9 Å². The van der Waals surface area contributed by atoms with E-state index in [4.69, 9.17) is 23.2 Å². The predicted octanol–water partition coefficient (Wildman–Crippen LogP) is 3.89. The van der Waals surface area contributed by atoms with Gasteiger partial charge in [0, 0.05) is 6.54 Å². The van der Waals surface area contributed by atoms with Crippen LogP contribution in [0.25, 0.3) is 0 Å². The number of hydrogen-bond acceptors (Lipinski definition) is 2. The first-order valence-electron chi connectivity index (χ1n) is 7.76. The molecule has 1 aromatic carbocycles. The Hall–Kier alpha value is -1.49. The molecule has 1 amide bonds. The Balaban J connectivity index is 1.70. The Bertz CT molecular complexity index is 646. The summed E-state index contributed by atoms with van der Waals surface area (Å²) in [7, 11) is 0. The maximum atomic E-state index is 12.3. The van der Waals surface area contributed by atoms with Crippen LogP contribution in [-0.4, -0.2) is 35.4 Å². The molecule has 122 valence electrons. The van der Waals surface area contributed by atoms with Gasteiger partial charge in [-0.15, -0.1) is 0 Å². The zero-order chi connectivity index (χ0) is 16.2. The van der Waals surface area contributed by atoms with Gasteiger partial charge in [-0.3, -0.25) is 9.69 Å². The number of H-pyrrole nitrogens is 1. The number of hydrogen-bond donors (Lipinski definition) is 2. The summed E-state index contributed by atoms with van der Waals surface area (Å²) >= 11 is 11.7. The van der Waals surface area contributed by atoms with Gasteiger partial charge in [-0.1, -0.05) is 53.5 Å². The summed E-state index contributed by atoms with van der Waals surface area (Å²) in [5, 5.41) is 3.63. The van der Waals surface area contributed by atoms with E-state index in [0.717, 1.165) is 13.1 Å². The number of aromatic amines is 1. The standard InChI is InChI=1S/C17H19Cl2N3O/c18-13-10-14(21-16(13)19)17(23)20-11-15(22-8-4-5-9-22)12-6-2-1-3-7-12/h1-3,6-7,10,15,21H,4-5,8-9,11H2,(H,20,23)/t15-/m0/s1. The van der Waals surface area contributed by atoms with Gasteiger partial charge in [-0.25, -0.2) is 0 Å². The lowest BCUT2D eigenvalue weighted by Crippen LogP contribution is -2.36. The summed E-state index contributed by atoms with van der Waals surface area (Å²) in [4.78, 5) is 17.5. The molecule has 4 nitrogen and oxygen atoms in total. The van der Waals surface area contributed by atoms with Crippen LogP contribution < -0.4 is 5.32 Å². The fourth-order valence-corrected chi connectivity index (χ4v) is 3.31. The van der Waals surface area contributed by atoms with Crippen LogP contribution >= 0.6 is 23.2 Å². The van der Waals surface area contributed by atoms with Crippen LogP contribution in [0, 0.1) is 0 Å². The Morgan fingerprint density at radius 1 is 1.22 bits per heavy atom. The Morgan fingerprint density at radius 2 is 1.91 bits per heavy atom. The minimum Gasteiger partial charge on any atom is -0.349 e. The number of carbonyl (C=O) groups is 1. The van der Waals surface area contributed by atoms with Crippen LogP contribution in [0.4, 0.5) is 0 Å². The molecule has 0 radical (unpaired) electrons. The molecule has 0 spiro atoms. The minimum atomic E-state index is -0.195. The van der Waals surface area contributed by atoms with Crippen molar-refractivity contribution in [2.45, 2.75) is 18.9 Å².